The molecule has 122 valence electrons. The third kappa shape index (κ3) is 4.81. The second-order valence-electron chi connectivity index (χ2n) is 6.23. The van der Waals surface area contributed by atoms with Crippen molar-refractivity contribution in [3.8, 4) is 5.75 Å². The highest BCUT2D eigenvalue weighted by atomic mass is 16.5. The van der Waals surface area contributed by atoms with Crippen molar-refractivity contribution >= 4 is 0 Å². The van der Waals surface area contributed by atoms with Crippen LogP contribution in [0.15, 0.2) is 54.6 Å². The third-order valence-corrected chi connectivity index (χ3v) is 4.39. The summed E-state index contributed by atoms with van der Waals surface area (Å²) in [5, 5.41) is 3.51. The van der Waals surface area contributed by atoms with Crippen molar-refractivity contribution in [2.45, 2.75) is 25.6 Å². The van der Waals surface area contributed by atoms with Gasteiger partial charge in [0.15, 0.2) is 0 Å². The van der Waals surface area contributed by atoms with Crippen LogP contribution in [0.1, 0.15) is 17.5 Å². The molecular formula is C20H25NO2. The molecule has 1 saturated heterocycles. The van der Waals surface area contributed by atoms with Gasteiger partial charge in [-0.25, -0.2) is 0 Å². The van der Waals surface area contributed by atoms with Crippen LogP contribution in [0, 0.1) is 5.92 Å². The van der Waals surface area contributed by atoms with E-state index >= 15 is 0 Å². The van der Waals surface area contributed by atoms with Gasteiger partial charge in [-0.15, -0.1) is 0 Å². The van der Waals surface area contributed by atoms with Crippen molar-refractivity contribution in [2.24, 2.45) is 5.92 Å². The van der Waals surface area contributed by atoms with Gasteiger partial charge in [-0.05, 0) is 48.6 Å². The molecule has 2 aromatic carbocycles. The highest BCUT2D eigenvalue weighted by Crippen LogP contribution is 2.20. The zero-order valence-corrected chi connectivity index (χ0v) is 13.7. The van der Waals surface area contributed by atoms with E-state index in [-0.39, 0.29) is 6.10 Å². The summed E-state index contributed by atoms with van der Waals surface area (Å²) < 4.78 is 11.4. The fraction of sp³-hybridized carbons (Fsp3) is 0.400. The van der Waals surface area contributed by atoms with Gasteiger partial charge in [-0.3, -0.25) is 0 Å². The first-order valence-electron chi connectivity index (χ1n) is 8.32. The molecule has 1 heterocycles. The number of rotatable bonds is 6. The lowest BCUT2D eigenvalue weighted by Crippen LogP contribution is -2.41. The number of piperidine rings is 1. The summed E-state index contributed by atoms with van der Waals surface area (Å²) in [5.74, 6) is 1.52. The molecule has 0 aromatic heterocycles. The normalized spacial score (nSPS) is 21.1. The van der Waals surface area contributed by atoms with Crippen LogP contribution < -0.4 is 10.1 Å². The summed E-state index contributed by atoms with van der Waals surface area (Å²) >= 11 is 0. The molecule has 1 fully saturated rings. The topological polar surface area (TPSA) is 30.5 Å². The van der Waals surface area contributed by atoms with Crippen molar-refractivity contribution in [2.75, 3.05) is 20.2 Å². The summed E-state index contributed by atoms with van der Waals surface area (Å²) in [6, 6.07) is 18.8. The van der Waals surface area contributed by atoms with Crippen molar-refractivity contribution in [1.29, 1.82) is 0 Å². The van der Waals surface area contributed by atoms with Crippen molar-refractivity contribution in [3.05, 3.63) is 65.7 Å². The van der Waals surface area contributed by atoms with Crippen LogP contribution in [-0.2, 0) is 17.8 Å². The van der Waals surface area contributed by atoms with E-state index < -0.39 is 0 Å². The summed E-state index contributed by atoms with van der Waals surface area (Å²) in [6.07, 6.45) is 2.52. The molecule has 1 N–H and O–H groups in total. The lowest BCUT2D eigenvalue weighted by Gasteiger charge is -2.30. The van der Waals surface area contributed by atoms with E-state index in [9.17, 15) is 0 Å². The standard InChI is InChI=1S/C20H25NO2/c1-22-19-9-5-8-17(11-19)15-23-20-12-18(13-21-14-20)10-16-6-3-2-4-7-16/h2-9,11,18,20-21H,10,12-15H2,1H3. The summed E-state index contributed by atoms with van der Waals surface area (Å²) in [5.41, 5.74) is 2.57. The van der Waals surface area contributed by atoms with E-state index in [1.165, 1.54) is 5.56 Å². The van der Waals surface area contributed by atoms with Crippen LogP contribution >= 0.6 is 0 Å². The number of ether oxygens (including phenoxy) is 2. The van der Waals surface area contributed by atoms with Gasteiger partial charge in [0, 0.05) is 6.54 Å². The smallest absolute Gasteiger partial charge is 0.119 e. The maximum atomic E-state index is 6.12. The fourth-order valence-electron chi connectivity index (χ4n) is 3.19. The molecule has 3 nitrogen and oxygen atoms in total. The second-order valence-corrected chi connectivity index (χ2v) is 6.23. The molecule has 2 aromatic rings. The highest BCUT2D eigenvalue weighted by molar-refractivity contribution is 5.27. The zero-order chi connectivity index (χ0) is 15.9. The van der Waals surface area contributed by atoms with Gasteiger partial charge < -0.3 is 14.8 Å². The predicted molar refractivity (Wildman–Crippen MR) is 92.7 cm³/mol. The molecular weight excluding hydrogens is 286 g/mol. The molecule has 2 atom stereocenters. The average Bonchev–Trinajstić information content (AvgIpc) is 2.61. The van der Waals surface area contributed by atoms with Gasteiger partial charge in [-0.2, -0.15) is 0 Å². The van der Waals surface area contributed by atoms with Crippen molar-refractivity contribution < 1.29 is 9.47 Å². The first-order chi connectivity index (χ1) is 11.3. The average molecular weight is 311 g/mol. The quantitative estimate of drug-likeness (QED) is 0.886. The largest absolute Gasteiger partial charge is 0.497 e. The maximum Gasteiger partial charge on any atom is 0.119 e. The number of benzene rings is 2. The molecule has 1 aliphatic heterocycles. The third-order valence-electron chi connectivity index (χ3n) is 4.39. The Bertz CT molecular complexity index is 600. The first-order valence-corrected chi connectivity index (χ1v) is 8.32. The lowest BCUT2D eigenvalue weighted by atomic mass is 9.91. The Morgan fingerprint density at radius 3 is 2.65 bits per heavy atom. The van der Waals surface area contributed by atoms with Crippen LogP contribution in [-0.4, -0.2) is 26.3 Å². The van der Waals surface area contributed by atoms with Gasteiger partial charge in [0.25, 0.3) is 0 Å². The van der Waals surface area contributed by atoms with Crippen LogP contribution in [0.2, 0.25) is 0 Å². The number of hydrogen-bond acceptors (Lipinski definition) is 3. The molecule has 0 amide bonds. The Morgan fingerprint density at radius 2 is 1.83 bits per heavy atom. The van der Waals surface area contributed by atoms with Crippen molar-refractivity contribution in [1.82, 2.24) is 5.32 Å². The molecule has 0 radical (unpaired) electrons. The van der Waals surface area contributed by atoms with Gasteiger partial charge in [-0.1, -0.05) is 42.5 Å². The van der Waals surface area contributed by atoms with E-state index in [4.69, 9.17) is 9.47 Å². The molecule has 23 heavy (non-hydrogen) atoms. The number of nitrogens with one attached hydrogen (secondary N) is 1. The highest BCUT2D eigenvalue weighted by Gasteiger charge is 2.22. The minimum atomic E-state index is 0.281. The number of hydrogen-bond donors (Lipinski definition) is 1. The lowest BCUT2D eigenvalue weighted by molar-refractivity contribution is 0.0114. The van der Waals surface area contributed by atoms with Crippen molar-refractivity contribution in [3.63, 3.8) is 0 Å². The van der Waals surface area contributed by atoms with E-state index in [0.29, 0.717) is 12.5 Å². The minimum absolute atomic E-state index is 0.281. The molecule has 0 saturated carbocycles. The maximum absolute atomic E-state index is 6.12. The van der Waals surface area contributed by atoms with E-state index in [2.05, 4.69) is 41.7 Å². The summed E-state index contributed by atoms with van der Waals surface area (Å²) in [6.45, 7) is 2.66. The Labute approximate surface area is 138 Å². The first kappa shape index (κ1) is 16.0. The molecule has 1 aliphatic rings. The van der Waals surface area contributed by atoms with Gasteiger partial charge >= 0.3 is 0 Å². The van der Waals surface area contributed by atoms with Crippen LogP contribution in [0.3, 0.4) is 0 Å². The Balaban J connectivity index is 1.50. The molecule has 0 spiro atoms. The molecule has 3 rings (SSSR count). The Morgan fingerprint density at radius 1 is 1.00 bits per heavy atom. The second kappa shape index (κ2) is 8.14. The number of methoxy groups -OCH3 is 1. The Kier molecular flexibility index (Phi) is 5.67. The van der Waals surface area contributed by atoms with Crippen LogP contribution in [0.25, 0.3) is 0 Å². The van der Waals surface area contributed by atoms with Crippen LogP contribution in [0.5, 0.6) is 5.75 Å². The van der Waals surface area contributed by atoms with E-state index in [1.807, 2.05) is 18.2 Å². The van der Waals surface area contributed by atoms with E-state index in [0.717, 1.165) is 37.2 Å². The molecule has 0 aliphatic carbocycles. The molecule has 3 heteroatoms. The van der Waals surface area contributed by atoms with Gasteiger partial charge in [0.2, 0.25) is 0 Å². The van der Waals surface area contributed by atoms with E-state index in [1.54, 1.807) is 7.11 Å². The SMILES string of the molecule is COc1cccc(COC2CNCC(Cc3ccccc3)C2)c1. The van der Waals surface area contributed by atoms with Gasteiger partial charge in [0.05, 0.1) is 19.8 Å². The zero-order valence-electron chi connectivity index (χ0n) is 13.7. The summed E-state index contributed by atoms with van der Waals surface area (Å²) in [4.78, 5) is 0. The van der Waals surface area contributed by atoms with Crippen LogP contribution in [0.4, 0.5) is 0 Å². The molecule has 2 unspecified atom stereocenters. The molecule has 0 bridgehead atoms. The summed E-state index contributed by atoms with van der Waals surface area (Å²) in [7, 11) is 1.69. The minimum Gasteiger partial charge on any atom is -0.497 e. The van der Waals surface area contributed by atoms with Gasteiger partial charge in [0.1, 0.15) is 5.75 Å². The Hall–Kier alpha value is -1.84. The predicted octanol–water partition coefficient (Wildman–Crippen LogP) is 3.43. The fourth-order valence-corrected chi connectivity index (χ4v) is 3.19. The monoisotopic (exact) mass is 311 g/mol.